The molecule has 5 N–H and O–H groups in total. The van der Waals surface area contributed by atoms with Gasteiger partial charge in [0.25, 0.3) is 16.7 Å². The smallest absolute Gasteiger partial charge is 0.325 e. The number of nitrogens with zero attached hydrogens (tertiary/aromatic N) is 2. The molecule has 0 spiro atoms. The first-order chi connectivity index (χ1) is 10.4. The average Bonchev–Trinajstić information content (AvgIpc) is 2.93. The summed E-state index contributed by atoms with van der Waals surface area (Å²) in [6.45, 7) is 5.85. The summed E-state index contributed by atoms with van der Waals surface area (Å²) in [6, 6.07) is -0.0509. The zero-order chi connectivity index (χ0) is 16.3. The van der Waals surface area contributed by atoms with Gasteiger partial charge in [0.15, 0.2) is 6.04 Å². The van der Waals surface area contributed by atoms with Crippen LogP contribution in [0.15, 0.2) is 19.2 Å². The van der Waals surface area contributed by atoms with E-state index in [2.05, 4.69) is 39.7 Å². The maximum atomic E-state index is 11.8. The first kappa shape index (κ1) is 16.5. The molecule has 120 valence electrons. The molecule has 0 aliphatic heterocycles. The van der Waals surface area contributed by atoms with E-state index in [9.17, 15) is 9.59 Å². The predicted molar refractivity (Wildman–Crippen MR) is 81.4 cm³/mol. The lowest BCUT2D eigenvalue weighted by Crippen LogP contribution is -2.56. The lowest BCUT2D eigenvalue weighted by Gasteiger charge is -2.09. The molecule has 0 aromatic carbocycles. The van der Waals surface area contributed by atoms with Crippen molar-refractivity contribution in [2.75, 3.05) is 0 Å². The van der Waals surface area contributed by atoms with Gasteiger partial charge in [0.2, 0.25) is 0 Å². The lowest BCUT2D eigenvalue weighted by molar-refractivity contribution is -0.444. The maximum absolute atomic E-state index is 11.8. The van der Waals surface area contributed by atoms with Gasteiger partial charge in [-0.2, -0.15) is 0 Å². The van der Waals surface area contributed by atoms with Crippen molar-refractivity contribution in [3.63, 3.8) is 0 Å². The number of aromatic amines is 2. The molecular weight excluding hydrogens is 306 g/mol. The topological polar surface area (TPSA) is 132 Å². The number of rotatable bonds is 6. The number of H-pyrrole nitrogens is 2. The van der Waals surface area contributed by atoms with Crippen LogP contribution in [0.4, 0.5) is 0 Å². The van der Waals surface area contributed by atoms with Crippen LogP contribution in [0.5, 0.6) is 0 Å². The molecule has 0 saturated heterocycles. The molecule has 8 nitrogen and oxygen atoms in total. The Hall–Kier alpha value is -1.87. The first-order valence-corrected chi connectivity index (χ1v) is 8.02. The minimum atomic E-state index is -0.509. The molecular formula is C13H20N5O3S+. The second-order valence-electron chi connectivity index (χ2n) is 5.20. The fraction of sp³-hybridized carbons (Fsp3) is 0.538. The lowest BCUT2D eigenvalue weighted by atomic mass is 10.0. The molecule has 0 saturated carbocycles. The van der Waals surface area contributed by atoms with Gasteiger partial charge in [-0.3, -0.25) is 9.78 Å². The highest BCUT2D eigenvalue weighted by atomic mass is 32.2. The highest BCUT2D eigenvalue weighted by Crippen LogP contribution is 2.24. The van der Waals surface area contributed by atoms with Crippen molar-refractivity contribution in [2.24, 2.45) is 5.92 Å². The van der Waals surface area contributed by atoms with E-state index in [1.165, 1.54) is 11.8 Å². The molecule has 2 atom stereocenters. The van der Waals surface area contributed by atoms with Crippen LogP contribution in [0.2, 0.25) is 0 Å². The standard InChI is InChI=1S/C13H19N5O3S/c1-4-6(2)9(14)11-17-18-13(21-11)22-5-8-7(3)15-12(20)16-10(8)19/h6,9H,4-5,14H2,1-3H3,(H2,15,16,19,20)/p+1. The number of aromatic nitrogens is 4. The van der Waals surface area contributed by atoms with Gasteiger partial charge in [0.1, 0.15) is 0 Å². The molecule has 0 radical (unpaired) electrons. The van der Waals surface area contributed by atoms with Crippen LogP contribution in [-0.2, 0) is 5.75 Å². The van der Waals surface area contributed by atoms with E-state index in [0.717, 1.165) is 6.42 Å². The maximum Gasteiger partial charge on any atom is 0.325 e. The summed E-state index contributed by atoms with van der Waals surface area (Å²) in [4.78, 5) is 27.7. The first-order valence-electron chi connectivity index (χ1n) is 7.03. The van der Waals surface area contributed by atoms with Gasteiger partial charge in [-0.25, -0.2) is 4.79 Å². The monoisotopic (exact) mass is 326 g/mol. The summed E-state index contributed by atoms with van der Waals surface area (Å²) < 4.78 is 5.59. The normalized spacial score (nSPS) is 14.0. The Kier molecular flexibility index (Phi) is 5.19. The summed E-state index contributed by atoms with van der Waals surface area (Å²) in [6.07, 6.45) is 0.977. The fourth-order valence-corrected chi connectivity index (χ4v) is 2.75. The number of nitrogens with one attached hydrogen (secondary N) is 2. The Balaban J connectivity index is 2.09. The molecule has 0 aliphatic carbocycles. The Morgan fingerprint density at radius 2 is 2.05 bits per heavy atom. The van der Waals surface area contributed by atoms with Crippen molar-refractivity contribution in [1.29, 1.82) is 0 Å². The Morgan fingerprint density at radius 3 is 2.68 bits per heavy atom. The third-order valence-corrected chi connectivity index (χ3v) is 4.51. The van der Waals surface area contributed by atoms with Gasteiger partial charge in [-0.1, -0.05) is 25.6 Å². The third-order valence-electron chi connectivity index (χ3n) is 3.66. The molecule has 2 heterocycles. The summed E-state index contributed by atoms with van der Waals surface area (Å²) in [5.74, 6) is 1.19. The molecule has 2 unspecified atom stereocenters. The number of hydrogen-bond acceptors (Lipinski definition) is 6. The van der Waals surface area contributed by atoms with Gasteiger partial charge < -0.3 is 15.1 Å². The van der Waals surface area contributed by atoms with Crippen molar-refractivity contribution in [3.05, 3.63) is 38.0 Å². The predicted octanol–water partition coefficient (Wildman–Crippen LogP) is 0.376. The van der Waals surface area contributed by atoms with E-state index in [4.69, 9.17) is 4.42 Å². The molecule has 2 rings (SSSR count). The molecule has 0 aliphatic rings. The van der Waals surface area contributed by atoms with Crippen molar-refractivity contribution >= 4 is 11.8 Å². The van der Waals surface area contributed by atoms with Gasteiger partial charge >= 0.3 is 5.69 Å². The van der Waals surface area contributed by atoms with Crippen LogP contribution < -0.4 is 17.0 Å². The Bertz CT molecular complexity index is 751. The van der Waals surface area contributed by atoms with E-state index in [-0.39, 0.29) is 6.04 Å². The number of aryl methyl sites for hydroxylation is 1. The summed E-state index contributed by atoms with van der Waals surface area (Å²) in [5.41, 5.74) is 4.16. The second-order valence-corrected chi connectivity index (χ2v) is 6.13. The Morgan fingerprint density at radius 1 is 1.32 bits per heavy atom. The van der Waals surface area contributed by atoms with E-state index >= 15 is 0 Å². The summed E-state index contributed by atoms with van der Waals surface area (Å²) in [7, 11) is 0. The SMILES string of the molecule is CCC(C)C([NH3+])c1nnc(SCc2c(C)[nH]c(=O)[nH]c2=O)o1. The van der Waals surface area contributed by atoms with Crippen molar-refractivity contribution < 1.29 is 10.2 Å². The van der Waals surface area contributed by atoms with E-state index in [1.54, 1.807) is 6.92 Å². The van der Waals surface area contributed by atoms with Crippen LogP contribution in [-0.4, -0.2) is 20.2 Å². The van der Waals surface area contributed by atoms with Crippen LogP contribution in [0.3, 0.4) is 0 Å². The van der Waals surface area contributed by atoms with Gasteiger partial charge in [0.05, 0.1) is 0 Å². The fourth-order valence-electron chi connectivity index (χ4n) is 1.89. The molecule has 0 amide bonds. The number of thioether (sulfide) groups is 1. The quantitative estimate of drug-likeness (QED) is 0.657. The molecule has 2 aromatic heterocycles. The zero-order valence-corrected chi connectivity index (χ0v) is 13.6. The van der Waals surface area contributed by atoms with Crippen molar-refractivity contribution in [3.8, 4) is 0 Å². The van der Waals surface area contributed by atoms with Crippen LogP contribution in [0.25, 0.3) is 0 Å². The second kappa shape index (κ2) is 6.93. The molecule has 2 aromatic rings. The highest BCUT2D eigenvalue weighted by Gasteiger charge is 2.23. The highest BCUT2D eigenvalue weighted by molar-refractivity contribution is 7.98. The van der Waals surface area contributed by atoms with Crippen molar-refractivity contribution in [2.45, 2.75) is 44.2 Å². The van der Waals surface area contributed by atoms with E-state index in [1.807, 2.05) is 0 Å². The summed E-state index contributed by atoms with van der Waals surface area (Å²) in [5, 5.41) is 8.37. The minimum Gasteiger partial charge on any atom is -0.410 e. The summed E-state index contributed by atoms with van der Waals surface area (Å²) >= 11 is 1.26. The van der Waals surface area contributed by atoms with E-state index in [0.29, 0.717) is 34.0 Å². The molecule has 9 heteroatoms. The Labute approximate surface area is 130 Å². The van der Waals surface area contributed by atoms with E-state index < -0.39 is 11.2 Å². The van der Waals surface area contributed by atoms with Crippen LogP contribution >= 0.6 is 11.8 Å². The van der Waals surface area contributed by atoms with Crippen LogP contribution in [0.1, 0.15) is 43.5 Å². The number of hydrogen-bond donors (Lipinski definition) is 3. The largest absolute Gasteiger partial charge is 0.410 e. The van der Waals surface area contributed by atoms with Crippen LogP contribution in [0, 0.1) is 12.8 Å². The van der Waals surface area contributed by atoms with Crippen molar-refractivity contribution in [1.82, 2.24) is 20.2 Å². The molecule has 0 fully saturated rings. The third kappa shape index (κ3) is 3.66. The van der Waals surface area contributed by atoms with Gasteiger partial charge in [-0.15, -0.1) is 10.2 Å². The molecule has 22 heavy (non-hydrogen) atoms. The zero-order valence-electron chi connectivity index (χ0n) is 12.8. The number of quaternary nitrogens is 1. The molecule has 0 bridgehead atoms. The van der Waals surface area contributed by atoms with Gasteiger partial charge in [-0.05, 0) is 13.3 Å². The minimum absolute atomic E-state index is 0.0509. The van der Waals surface area contributed by atoms with Gasteiger partial charge in [0, 0.05) is 22.9 Å². The average molecular weight is 326 g/mol.